The van der Waals surface area contributed by atoms with Crippen LogP contribution >= 0.6 is 11.3 Å². The van der Waals surface area contributed by atoms with Gasteiger partial charge in [-0.1, -0.05) is 0 Å². The van der Waals surface area contributed by atoms with Crippen LogP contribution in [0.2, 0.25) is 0 Å². The third-order valence-corrected chi connectivity index (χ3v) is 3.74. The maximum atomic E-state index is 13.2. The molecule has 0 fully saturated rings. The van der Waals surface area contributed by atoms with Crippen molar-refractivity contribution in [2.75, 3.05) is 7.05 Å². The molecule has 0 saturated carbocycles. The zero-order valence-corrected chi connectivity index (χ0v) is 10.7. The molecule has 0 radical (unpaired) electrons. The van der Waals surface area contributed by atoms with Crippen LogP contribution in [0.4, 0.5) is 13.2 Å². The molecular weight excluding hydrogens is 259 g/mol. The Morgan fingerprint density at radius 1 is 1.11 bits per heavy atom. The SMILES string of the molecule is CNC(c1cc(F)c(F)c(F)c1)c1ccc(C)s1. The van der Waals surface area contributed by atoms with E-state index in [9.17, 15) is 13.2 Å². The van der Waals surface area contributed by atoms with Crippen molar-refractivity contribution in [2.24, 2.45) is 0 Å². The van der Waals surface area contributed by atoms with Crippen LogP contribution in [-0.2, 0) is 0 Å². The Morgan fingerprint density at radius 2 is 1.72 bits per heavy atom. The molecule has 18 heavy (non-hydrogen) atoms. The van der Waals surface area contributed by atoms with Crippen LogP contribution in [0.1, 0.15) is 21.4 Å². The molecule has 1 atom stereocenters. The summed E-state index contributed by atoms with van der Waals surface area (Å²) in [6, 6.07) is 5.53. The van der Waals surface area contributed by atoms with Crippen LogP contribution in [-0.4, -0.2) is 7.05 Å². The molecule has 0 aliphatic rings. The summed E-state index contributed by atoms with van der Waals surface area (Å²) in [5, 5.41) is 2.98. The van der Waals surface area contributed by atoms with Crippen molar-refractivity contribution >= 4 is 11.3 Å². The van der Waals surface area contributed by atoms with Gasteiger partial charge < -0.3 is 5.32 Å². The Balaban J connectivity index is 2.45. The smallest absolute Gasteiger partial charge is 0.194 e. The van der Waals surface area contributed by atoms with Crippen molar-refractivity contribution in [1.82, 2.24) is 5.32 Å². The lowest BCUT2D eigenvalue weighted by molar-refractivity contribution is 0.443. The molecule has 1 nitrogen and oxygen atoms in total. The van der Waals surface area contributed by atoms with Gasteiger partial charge in [-0.3, -0.25) is 0 Å². The zero-order valence-electron chi connectivity index (χ0n) is 9.93. The third-order valence-electron chi connectivity index (χ3n) is 2.67. The van der Waals surface area contributed by atoms with Gasteiger partial charge in [0.05, 0.1) is 6.04 Å². The molecular formula is C13H12F3NS. The molecule has 1 N–H and O–H groups in total. The van der Waals surface area contributed by atoms with Crippen LogP contribution < -0.4 is 5.32 Å². The highest BCUT2D eigenvalue weighted by Crippen LogP contribution is 2.29. The number of hydrogen-bond donors (Lipinski definition) is 1. The van der Waals surface area contributed by atoms with E-state index in [0.29, 0.717) is 5.56 Å². The van der Waals surface area contributed by atoms with Crippen LogP contribution in [0.3, 0.4) is 0 Å². The van der Waals surface area contributed by atoms with Crippen molar-refractivity contribution in [3.05, 3.63) is 57.0 Å². The highest BCUT2D eigenvalue weighted by atomic mass is 32.1. The molecule has 1 aromatic heterocycles. The van der Waals surface area contributed by atoms with Gasteiger partial charge in [-0.15, -0.1) is 11.3 Å². The van der Waals surface area contributed by atoms with Crippen molar-refractivity contribution < 1.29 is 13.2 Å². The number of rotatable bonds is 3. The Labute approximate surface area is 107 Å². The van der Waals surface area contributed by atoms with Crippen LogP contribution in [0.25, 0.3) is 0 Å². The molecule has 0 aliphatic carbocycles. The number of halogens is 3. The Kier molecular flexibility index (Phi) is 3.73. The first-order chi connectivity index (χ1) is 8.52. The standard InChI is InChI=1S/C13H12F3NS/c1-7-3-4-11(18-7)13(17-2)8-5-9(14)12(16)10(15)6-8/h3-6,13,17H,1-2H3. The predicted octanol–water partition coefficient (Wildman–Crippen LogP) is 3.78. The molecule has 0 spiro atoms. The van der Waals surface area contributed by atoms with Crippen molar-refractivity contribution in [1.29, 1.82) is 0 Å². The minimum atomic E-state index is -1.43. The Morgan fingerprint density at radius 3 is 2.17 bits per heavy atom. The van der Waals surface area contributed by atoms with E-state index >= 15 is 0 Å². The average molecular weight is 271 g/mol. The van der Waals surface area contributed by atoms with Gasteiger partial charge in [0, 0.05) is 9.75 Å². The normalized spacial score (nSPS) is 12.7. The van der Waals surface area contributed by atoms with Gasteiger partial charge in [-0.2, -0.15) is 0 Å². The van der Waals surface area contributed by atoms with E-state index in [2.05, 4.69) is 5.32 Å². The zero-order chi connectivity index (χ0) is 13.3. The lowest BCUT2D eigenvalue weighted by atomic mass is 10.0. The number of thiophene rings is 1. The topological polar surface area (TPSA) is 12.0 Å². The third kappa shape index (κ3) is 2.42. The first kappa shape index (κ1) is 13.1. The number of benzene rings is 1. The van der Waals surface area contributed by atoms with E-state index in [0.717, 1.165) is 21.9 Å². The summed E-state index contributed by atoms with van der Waals surface area (Å²) >= 11 is 1.53. The minimum absolute atomic E-state index is 0.340. The van der Waals surface area contributed by atoms with E-state index in [4.69, 9.17) is 0 Å². The second-order valence-electron chi connectivity index (χ2n) is 3.97. The van der Waals surface area contributed by atoms with E-state index in [1.807, 2.05) is 19.1 Å². The second-order valence-corrected chi connectivity index (χ2v) is 5.29. The van der Waals surface area contributed by atoms with E-state index in [1.165, 1.54) is 11.3 Å². The lowest BCUT2D eigenvalue weighted by Gasteiger charge is -2.15. The first-order valence-corrected chi connectivity index (χ1v) is 6.22. The van der Waals surface area contributed by atoms with Gasteiger partial charge in [0.2, 0.25) is 0 Å². The maximum absolute atomic E-state index is 13.2. The van der Waals surface area contributed by atoms with Gasteiger partial charge in [-0.25, -0.2) is 13.2 Å². The summed E-state index contributed by atoms with van der Waals surface area (Å²) in [6.07, 6.45) is 0. The monoisotopic (exact) mass is 271 g/mol. The molecule has 0 aliphatic heterocycles. The highest BCUT2D eigenvalue weighted by molar-refractivity contribution is 7.12. The molecule has 96 valence electrons. The van der Waals surface area contributed by atoms with E-state index in [-0.39, 0.29) is 6.04 Å². The van der Waals surface area contributed by atoms with Gasteiger partial charge in [-0.05, 0) is 43.8 Å². The average Bonchev–Trinajstić information content (AvgIpc) is 2.73. The van der Waals surface area contributed by atoms with Crippen LogP contribution in [0.5, 0.6) is 0 Å². The van der Waals surface area contributed by atoms with Crippen molar-refractivity contribution in [3.8, 4) is 0 Å². The van der Waals surface area contributed by atoms with Crippen molar-refractivity contribution in [3.63, 3.8) is 0 Å². The number of aryl methyl sites for hydroxylation is 1. The first-order valence-electron chi connectivity index (χ1n) is 5.41. The summed E-state index contributed by atoms with van der Waals surface area (Å²) in [5.41, 5.74) is 0.371. The van der Waals surface area contributed by atoms with Crippen LogP contribution in [0.15, 0.2) is 24.3 Å². The van der Waals surface area contributed by atoms with Gasteiger partial charge >= 0.3 is 0 Å². The summed E-state index contributed by atoms with van der Waals surface area (Å²) in [6.45, 7) is 1.95. The van der Waals surface area contributed by atoms with Gasteiger partial charge in [0.15, 0.2) is 17.5 Å². The molecule has 0 bridgehead atoms. The summed E-state index contributed by atoms with van der Waals surface area (Å²) in [7, 11) is 1.69. The van der Waals surface area contributed by atoms with E-state index < -0.39 is 17.5 Å². The lowest BCUT2D eigenvalue weighted by Crippen LogP contribution is -2.17. The molecule has 0 amide bonds. The molecule has 1 heterocycles. The van der Waals surface area contributed by atoms with Gasteiger partial charge in [0.1, 0.15) is 0 Å². The maximum Gasteiger partial charge on any atom is 0.194 e. The fourth-order valence-electron chi connectivity index (χ4n) is 1.82. The number of hydrogen-bond acceptors (Lipinski definition) is 2. The molecule has 1 aromatic carbocycles. The largest absolute Gasteiger partial charge is 0.309 e. The molecule has 2 rings (SSSR count). The molecule has 1 unspecified atom stereocenters. The Hall–Kier alpha value is -1.33. The van der Waals surface area contributed by atoms with Crippen LogP contribution in [0, 0.1) is 24.4 Å². The fraction of sp³-hybridized carbons (Fsp3) is 0.231. The van der Waals surface area contributed by atoms with Crippen molar-refractivity contribution in [2.45, 2.75) is 13.0 Å². The molecule has 5 heteroatoms. The molecule has 0 saturated heterocycles. The Bertz CT molecular complexity index is 542. The quantitative estimate of drug-likeness (QED) is 0.838. The fourth-order valence-corrected chi connectivity index (χ4v) is 2.84. The number of nitrogens with one attached hydrogen (secondary N) is 1. The van der Waals surface area contributed by atoms with Gasteiger partial charge in [0.25, 0.3) is 0 Å². The summed E-state index contributed by atoms with van der Waals surface area (Å²) in [4.78, 5) is 2.04. The minimum Gasteiger partial charge on any atom is -0.309 e. The summed E-state index contributed by atoms with van der Waals surface area (Å²) in [5.74, 6) is -3.77. The summed E-state index contributed by atoms with van der Waals surface area (Å²) < 4.78 is 39.4. The molecule has 2 aromatic rings. The predicted molar refractivity (Wildman–Crippen MR) is 66.3 cm³/mol. The van der Waals surface area contributed by atoms with E-state index in [1.54, 1.807) is 7.05 Å². The second kappa shape index (κ2) is 5.12. The highest BCUT2D eigenvalue weighted by Gasteiger charge is 2.18.